The van der Waals surface area contributed by atoms with Gasteiger partial charge in [-0.25, -0.2) is 12.8 Å². The van der Waals surface area contributed by atoms with Crippen LogP contribution in [0.3, 0.4) is 0 Å². The topological polar surface area (TPSA) is 103 Å². The van der Waals surface area contributed by atoms with Gasteiger partial charge in [0.25, 0.3) is 10.0 Å². The number of anilines is 1. The lowest BCUT2D eigenvalue weighted by molar-refractivity contribution is 0.103. The van der Waals surface area contributed by atoms with Crippen molar-refractivity contribution in [1.29, 1.82) is 5.26 Å². The summed E-state index contributed by atoms with van der Waals surface area (Å²) in [5, 5.41) is 8.72. The van der Waals surface area contributed by atoms with Crippen molar-refractivity contribution < 1.29 is 17.6 Å². The van der Waals surface area contributed by atoms with Gasteiger partial charge in [-0.15, -0.1) is 0 Å². The number of benzene rings is 2. The Kier molecular flexibility index (Phi) is 4.56. The molecule has 0 aliphatic rings. The van der Waals surface area contributed by atoms with Gasteiger partial charge in [-0.05, 0) is 24.3 Å². The van der Waals surface area contributed by atoms with E-state index < -0.39 is 15.8 Å². The smallest absolute Gasteiger partial charge is 0.263 e. The number of hydrogen-bond donors (Lipinski definition) is 2. The molecule has 0 fully saturated rings. The van der Waals surface area contributed by atoms with Crippen LogP contribution in [0.25, 0.3) is 0 Å². The number of aromatic amines is 1. The number of aromatic nitrogens is 1. The zero-order chi connectivity index (χ0) is 18.7. The number of carbonyl (C=O) groups is 1. The molecule has 130 valence electrons. The maximum absolute atomic E-state index is 13.9. The van der Waals surface area contributed by atoms with Gasteiger partial charge in [-0.1, -0.05) is 30.3 Å². The van der Waals surface area contributed by atoms with E-state index >= 15 is 0 Å². The molecule has 26 heavy (non-hydrogen) atoms. The van der Waals surface area contributed by atoms with E-state index in [9.17, 15) is 17.6 Å². The summed E-state index contributed by atoms with van der Waals surface area (Å²) in [6.07, 6.45) is 1.15. The Hall–Kier alpha value is -3.44. The van der Waals surface area contributed by atoms with Crippen LogP contribution in [0.5, 0.6) is 0 Å². The zero-order valence-electron chi connectivity index (χ0n) is 13.2. The number of rotatable bonds is 5. The molecule has 0 aliphatic heterocycles. The summed E-state index contributed by atoms with van der Waals surface area (Å²) < 4.78 is 40.8. The summed E-state index contributed by atoms with van der Waals surface area (Å²) in [7, 11) is -4.11. The van der Waals surface area contributed by atoms with E-state index in [1.165, 1.54) is 12.1 Å². The van der Waals surface area contributed by atoms with Crippen LogP contribution in [-0.4, -0.2) is 19.2 Å². The fourth-order valence-electron chi connectivity index (χ4n) is 2.28. The van der Waals surface area contributed by atoms with Gasteiger partial charge < -0.3 is 4.98 Å². The van der Waals surface area contributed by atoms with E-state index in [1.54, 1.807) is 36.4 Å². The van der Waals surface area contributed by atoms with Gasteiger partial charge in [0.2, 0.25) is 5.78 Å². The molecule has 3 aromatic rings. The van der Waals surface area contributed by atoms with Gasteiger partial charge in [0.1, 0.15) is 10.7 Å². The first-order valence-electron chi connectivity index (χ1n) is 7.41. The van der Waals surface area contributed by atoms with Gasteiger partial charge in [0.15, 0.2) is 0 Å². The summed E-state index contributed by atoms with van der Waals surface area (Å²) in [6.45, 7) is 0. The molecule has 6 nitrogen and oxygen atoms in total. The van der Waals surface area contributed by atoms with Gasteiger partial charge >= 0.3 is 0 Å². The molecule has 0 radical (unpaired) electrons. The highest BCUT2D eigenvalue weighted by atomic mass is 32.2. The van der Waals surface area contributed by atoms with Crippen molar-refractivity contribution in [3.63, 3.8) is 0 Å². The van der Waals surface area contributed by atoms with E-state index in [-0.39, 0.29) is 27.6 Å². The van der Waals surface area contributed by atoms with Crippen LogP contribution in [-0.2, 0) is 10.0 Å². The summed E-state index contributed by atoms with van der Waals surface area (Å²) in [5.74, 6) is -1.24. The van der Waals surface area contributed by atoms with Gasteiger partial charge in [-0.2, -0.15) is 5.26 Å². The number of sulfonamides is 1. The summed E-state index contributed by atoms with van der Waals surface area (Å²) in [6, 6.07) is 14.7. The predicted molar refractivity (Wildman–Crippen MR) is 92.6 cm³/mol. The maximum Gasteiger partial charge on any atom is 0.263 e. The second-order valence-corrected chi connectivity index (χ2v) is 7.04. The Morgan fingerprint density at radius 1 is 1.12 bits per heavy atom. The maximum atomic E-state index is 13.9. The minimum atomic E-state index is -4.11. The molecular weight excluding hydrogens is 357 g/mol. The molecule has 1 aromatic heterocycles. The standard InChI is InChI=1S/C18H12FN3O3S/c19-15-8-12(10-20)6-7-16(15)22-26(24,25)14-9-17(21-11-14)18(23)13-4-2-1-3-5-13/h1-9,11,21-22H. The van der Waals surface area contributed by atoms with Crippen molar-refractivity contribution in [3.05, 3.63) is 83.4 Å². The first kappa shape index (κ1) is 17.4. The molecule has 0 atom stereocenters. The molecule has 3 rings (SSSR count). The highest BCUT2D eigenvalue weighted by Gasteiger charge is 2.20. The number of nitrogens with one attached hydrogen (secondary N) is 2. The molecular formula is C18H12FN3O3S. The van der Waals surface area contributed by atoms with Crippen LogP contribution < -0.4 is 4.72 Å². The lowest BCUT2D eigenvalue weighted by Gasteiger charge is -2.07. The lowest BCUT2D eigenvalue weighted by Crippen LogP contribution is -2.13. The Balaban J connectivity index is 1.86. The third-order valence-corrected chi connectivity index (χ3v) is 4.93. The number of halogens is 1. The second-order valence-electron chi connectivity index (χ2n) is 5.36. The van der Waals surface area contributed by atoms with Crippen molar-refractivity contribution >= 4 is 21.5 Å². The Morgan fingerprint density at radius 2 is 1.85 bits per heavy atom. The molecule has 0 saturated heterocycles. The van der Waals surface area contributed by atoms with Crippen molar-refractivity contribution in [1.82, 2.24) is 4.98 Å². The third-order valence-electron chi connectivity index (χ3n) is 3.59. The second kappa shape index (κ2) is 6.82. The molecule has 2 aromatic carbocycles. The van der Waals surface area contributed by atoms with Crippen LogP contribution in [0, 0.1) is 17.1 Å². The zero-order valence-corrected chi connectivity index (χ0v) is 14.0. The third kappa shape index (κ3) is 3.48. The SMILES string of the molecule is N#Cc1ccc(NS(=O)(=O)c2c[nH]c(C(=O)c3ccccc3)c2)c(F)c1. The molecule has 0 aliphatic carbocycles. The highest BCUT2D eigenvalue weighted by Crippen LogP contribution is 2.21. The highest BCUT2D eigenvalue weighted by molar-refractivity contribution is 7.92. The first-order valence-corrected chi connectivity index (χ1v) is 8.89. The molecule has 0 spiro atoms. The number of nitriles is 1. The van der Waals surface area contributed by atoms with Crippen molar-refractivity contribution in [3.8, 4) is 6.07 Å². The quantitative estimate of drug-likeness (QED) is 0.675. The van der Waals surface area contributed by atoms with Crippen molar-refractivity contribution in [2.75, 3.05) is 4.72 Å². The Morgan fingerprint density at radius 3 is 2.50 bits per heavy atom. The number of ketones is 1. The van der Waals surface area contributed by atoms with E-state index in [4.69, 9.17) is 5.26 Å². The van der Waals surface area contributed by atoms with Crippen molar-refractivity contribution in [2.45, 2.75) is 4.90 Å². The van der Waals surface area contributed by atoms with Crippen LogP contribution >= 0.6 is 0 Å². The van der Waals surface area contributed by atoms with E-state index in [0.29, 0.717) is 5.56 Å². The van der Waals surface area contributed by atoms with E-state index in [1.807, 2.05) is 0 Å². The van der Waals surface area contributed by atoms with Gasteiger partial charge in [0.05, 0.1) is 23.0 Å². The van der Waals surface area contributed by atoms with Crippen LogP contribution in [0.2, 0.25) is 0 Å². The fraction of sp³-hybridized carbons (Fsp3) is 0. The molecule has 0 amide bonds. The fourth-order valence-corrected chi connectivity index (χ4v) is 3.34. The average molecular weight is 369 g/mol. The minimum absolute atomic E-state index is 0.0721. The molecule has 2 N–H and O–H groups in total. The number of hydrogen-bond acceptors (Lipinski definition) is 4. The van der Waals surface area contributed by atoms with Crippen molar-refractivity contribution in [2.24, 2.45) is 0 Å². The molecule has 0 unspecified atom stereocenters. The number of H-pyrrole nitrogens is 1. The van der Waals surface area contributed by atoms with E-state index in [0.717, 1.165) is 18.3 Å². The molecule has 1 heterocycles. The summed E-state index contributed by atoms with van der Waals surface area (Å²) in [4.78, 5) is 14.7. The van der Waals surface area contributed by atoms with Gasteiger partial charge in [-0.3, -0.25) is 9.52 Å². The van der Waals surface area contributed by atoms with Crippen LogP contribution in [0.1, 0.15) is 21.6 Å². The number of carbonyl (C=O) groups excluding carboxylic acids is 1. The lowest BCUT2D eigenvalue weighted by atomic mass is 10.1. The average Bonchev–Trinajstić information content (AvgIpc) is 3.14. The normalized spacial score (nSPS) is 10.9. The predicted octanol–water partition coefficient (Wildman–Crippen LogP) is 3.06. The molecule has 0 bridgehead atoms. The summed E-state index contributed by atoms with van der Waals surface area (Å²) in [5.41, 5.74) is 0.283. The monoisotopic (exact) mass is 369 g/mol. The first-order chi connectivity index (χ1) is 12.4. The summed E-state index contributed by atoms with van der Waals surface area (Å²) >= 11 is 0. The van der Waals surface area contributed by atoms with Crippen LogP contribution in [0.15, 0.2) is 65.7 Å². The Labute approximate surface area is 149 Å². The molecule has 8 heteroatoms. The molecule has 0 saturated carbocycles. The minimum Gasteiger partial charge on any atom is -0.357 e. The van der Waals surface area contributed by atoms with Crippen LogP contribution in [0.4, 0.5) is 10.1 Å². The van der Waals surface area contributed by atoms with E-state index in [2.05, 4.69) is 9.71 Å². The largest absolute Gasteiger partial charge is 0.357 e. The number of nitrogens with zero attached hydrogens (tertiary/aromatic N) is 1. The Bertz CT molecular complexity index is 1120. The van der Waals surface area contributed by atoms with Gasteiger partial charge in [0, 0.05) is 11.8 Å².